The van der Waals surface area contributed by atoms with Crippen LogP contribution in [0.15, 0.2) is 24.3 Å². The van der Waals surface area contributed by atoms with E-state index in [4.69, 9.17) is 14.3 Å². The zero-order valence-electron chi connectivity index (χ0n) is 31.5. The Morgan fingerprint density at radius 3 is 2.13 bits per heavy atom. The molecule has 1 aliphatic rings. The number of likely N-dealkylation sites (N-methyl/N-ethyl adjacent to an activating group) is 1. The fourth-order valence-electron chi connectivity index (χ4n) is 4.85. The standard InChI is InChI=1S/C34H52N6O12S2/c1-37(2)20-9-19-36-33(46)51-26-14-12-25(13-15-26)24-50-34(47)38(3)21-10-18-35-32(45)27(23-31(44)52-40-29(42)16-17-30(40)43)39(4)28(41)11-7-6-8-22-53-54(5,48)49/h12-15,27H,6-11,16-24H2,1-5H3,(H,35,45)(H,36,46)/t27-/m0/s1. The van der Waals surface area contributed by atoms with E-state index in [0.717, 1.165) is 34.9 Å². The highest BCUT2D eigenvalue weighted by Gasteiger charge is 2.35. The molecule has 0 unspecified atom stereocenters. The van der Waals surface area contributed by atoms with E-state index >= 15 is 0 Å². The van der Waals surface area contributed by atoms with Crippen LogP contribution in [0, 0.1) is 0 Å². The summed E-state index contributed by atoms with van der Waals surface area (Å²) in [4.78, 5) is 96.6. The van der Waals surface area contributed by atoms with E-state index in [1.807, 2.05) is 19.0 Å². The minimum absolute atomic E-state index is 0.0292. The molecule has 1 aromatic carbocycles. The van der Waals surface area contributed by atoms with Gasteiger partial charge in [0.15, 0.2) is 8.87 Å². The van der Waals surface area contributed by atoms with E-state index in [2.05, 4.69) is 10.6 Å². The van der Waals surface area contributed by atoms with Crippen LogP contribution in [0.5, 0.6) is 5.75 Å². The Balaban J connectivity index is 1.83. The van der Waals surface area contributed by atoms with Gasteiger partial charge in [0.25, 0.3) is 11.8 Å². The Morgan fingerprint density at radius 2 is 1.50 bits per heavy atom. The summed E-state index contributed by atoms with van der Waals surface area (Å²) in [6.07, 6.45) is 1.72. The summed E-state index contributed by atoms with van der Waals surface area (Å²) in [6.45, 7) is 1.53. The highest BCUT2D eigenvalue weighted by molar-refractivity contribution is 8.71. The van der Waals surface area contributed by atoms with Crippen LogP contribution in [0.2, 0.25) is 0 Å². The van der Waals surface area contributed by atoms with Crippen molar-refractivity contribution in [2.24, 2.45) is 0 Å². The zero-order chi connectivity index (χ0) is 40.3. The van der Waals surface area contributed by atoms with Crippen molar-refractivity contribution in [3.05, 3.63) is 29.8 Å². The summed E-state index contributed by atoms with van der Waals surface area (Å²) in [5, 5.41) is 5.69. The Morgan fingerprint density at radius 1 is 0.870 bits per heavy atom. The van der Waals surface area contributed by atoms with Gasteiger partial charge >= 0.3 is 18.2 Å². The molecule has 0 aliphatic carbocycles. The molecule has 0 saturated carbocycles. The van der Waals surface area contributed by atoms with Crippen LogP contribution in [-0.2, 0) is 49.0 Å². The molecule has 6 amide bonds. The third-order valence-corrected chi connectivity index (χ3v) is 10.6. The Bertz CT molecular complexity index is 1540. The summed E-state index contributed by atoms with van der Waals surface area (Å²) in [5.41, 5.74) is 0.662. The van der Waals surface area contributed by atoms with Gasteiger partial charge in [0, 0.05) is 65.0 Å². The van der Waals surface area contributed by atoms with Crippen LogP contribution in [-0.4, -0.2) is 142 Å². The number of nitrogens with zero attached hydrogens (tertiary/aromatic N) is 4. The summed E-state index contributed by atoms with van der Waals surface area (Å²) in [5.74, 6) is -2.86. The second kappa shape index (κ2) is 23.4. The third-order valence-electron chi connectivity index (χ3n) is 7.88. The topological polar surface area (TPSA) is 218 Å². The molecule has 1 fully saturated rings. The van der Waals surface area contributed by atoms with Crippen molar-refractivity contribution < 1.29 is 56.3 Å². The van der Waals surface area contributed by atoms with Gasteiger partial charge < -0.3 is 39.6 Å². The minimum Gasteiger partial charge on any atom is -0.445 e. The fourth-order valence-corrected chi connectivity index (χ4v) is 6.74. The molecule has 1 atom stereocenters. The van der Waals surface area contributed by atoms with Crippen LogP contribution in [0.4, 0.5) is 9.59 Å². The van der Waals surface area contributed by atoms with E-state index < -0.39 is 63.1 Å². The van der Waals surface area contributed by atoms with Crippen LogP contribution >= 0.6 is 10.8 Å². The van der Waals surface area contributed by atoms with E-state index in [0.29, 0.717) is 47.9 Å². The molecule has 0 spiro atoms. The zero-order valence-corrected chi connectivity index (χ0v) is 33.1. The molecule has 0 aromatic heterocycles. The summed E-state index contributed by atoms with van der Waals surface area (Å²) < 4.78 is 33.2. The number of benzene rings is 1. The smallest absolute Gasteiger partial charge is 0.412 e. The highest BCUT2D eigenvalue weighted by atomic mass is 33.1. The number of imide groups is 1. The predicted octanol–water partition coefficient (Wildman–Crippen LogP) is 1.88. The number of ether oxygens (including phenoxy) is 2. The Kier molecular flexibility index (Phi) is 19.8. The number of hydroxylamine groups is 2. The highest BCUT2D eigenvalue weighted by Crippen LogP contribution is 2.17. The van der Waals surface area contributed by atoms with Gasteiger partial charge in [-0.05, 0) is 74.8 Å². The first-order valence-corrected chi connectivity index (χ1v) is 20.9. The normalized spacial score (nSPS) is 13.3. The lowest BCUT2D eigenvalue weighted by molar-refractivity contribution is -0.198. The maximum Gasteiger partial charge on any atom is 0.412 e. The molecule has 1 aromatic rings. The number of amides is 6. The molecule has 1 saturated heterocycles. The van der Waals surface area contributed by atoms with Crippen LogP contribution in [0.1, 0.15) is 63.4 Å². The summed E-state index contributed by atoms with van der Waals surface area (Å²) in [7, 11) is 4.42. The molecule has 2 N–H and O–H groups in total. The number of carbonyl (C=O) groups excluding carboxylic acids is 7. The largest absolute Gasteiger partial charge is 0.445 e. The van der Waals surface area contributed by atoms with E-state index in [1.165, 1.54) is 19.0 Å². The first-order valence-electron chi connectivity index (χ1n) is 17.5. The molecule has 54 heavy (non-hydrogen) atoms. The number of rotatable bonds is 23. The maximum absolute atomic E-state index is 13.2. The van der Waals surface area contributed by atoms with Crippen LogP contribution < -0.4 is 15.4 Å². The second-order valence-corrected chi connectivity index (χ2v) is 17.4. The molecular weight excluding hydrogens is 749 g/mol. The van der Waals surface area contributed by atoms with E-state index in [9.17, 15) is 42.0 Å². The second-order valence-electron chi connectivity index (χ2n) is 12.8. The molecule has 302 valence electrons. The molecule has 1 heterocycles. The lowest BCUT2D eigenvalue weighted by atomic mass is 10.1. The van der Waals surface area contributed by atoms with Gasteiger partial charge in [-0.15, -0.1) is 5.06 Å². The molecule has 1 aliphatic heterocycles. The molecule has 0 bridgehead atoms. The molecule has 18 nitrogen and oxygen atoms in total. The minimum atomic E-state index is -3.16. The van der Waals surface area contributed by atoms with Crippen molar-refractivity contribution in [2.45, 2.75) is 70.4 Å². The predicted molar refractivity (Wildman–Crippen MR) is 198 cm³/mol. The number of hydrogen-bond acceptors (Lipinski definition) is 14. The number of hydrogen-bond donors (Lipinski definition) is 2. The lowest BCUT2D eigenvalue weighted by Crippen LogP contribution is -2.49. The van der Waals surface area contributed by atoms with Gasteiger partial charge in [-0.2, -0.15) is 0 Å². The number of nitrogens with one attached hydrogen (secondary N) is 2. The molecular formula is C34H52N6O12S2. The summed E-state index contributed by atoms with van der Waals surface area (Å²) >= 11 is 0. The van der Waals surface area contributed by atoms with Crippen LogP contribution in [0.3, 0.4) is 0 Å². The van der Waals surface area contributed by atoms with Gasteiger partial charge in [0.2, 0.25) is 11.8 Å². The Labute approximate surface area is 319 Å². The van der Waals surface area contributed by atoms with Crippen molar-refractivity contribution in [2.75, 3.05) is 66.4 Å². The number of carbonyl (C=O) groups is 7. The molecule has 20 heteroatoms. The fraction of sp³-hybridized carbons (Fsp3) is 0.618. The van der Waals surface area contributed by atoms with Crippen molar-refractivity contribution in [3.63, 3.8) is 0 Å². The Hall–Kier alpha value is -4.43. The van der Waals surface area contributed by atoms with Crippen LogP contribution in [0.25, 0.3) is 0 Å². The lowest BCUT2D eigenvalue weighted by Gasteiger charge is -2.27. The molecule has 2 rings (SSSR count). The maximum atomic E-state index is 13.2. The first-order chi connectivity index (χ1) is 25.5. The SMILES string of the molecule is CN(C)CCCNC(=O)Oc1ccc(COC(=O)N(C)CCCNC(=O)[C@H](CC(=O)ON2C(=O)CCC2=O)N(C)C(=O)CCCCCSS(C)(=O)=O)cc1. The van der Waals surface area contributed by atoms with Crippen molar-refractivity contribution in [3.8, 4) is 5.75 Å². The van der Waals surface area contributed by atoms with Gasteiger partial charge in [-0.25, -0.2) is 22.8 Å². The number of unbranched alkanes of at least 4 members (excludes halogenated alkanes) is 2. The monoisotopic (exact) mass is 800 g/mol. The molecule has 0 radical (unpaired) electrons. The van der Waals surface area contributed by atoms with Gasteiger partial charge in [0.1, 0.15) is 18.4 Å². The van der Waals surface area contributed by atoms with Crippen molar-refractivity contribution in [1.82, 2.24) is 30.4 Å². The third kappa shape index (κ3) is 18.1. The van der Waals surface area contributed by atoms with E-state index in [-0.39, 0.29) is 45.4 Å². The first kappa shape index (κ1) is 45.7. The van der Waals surface area contributed by atoms with Gasteiger partial charge in [-0.1, -0.05) is 18.6 Å². The summed E-state index contributed by atoms with van der Waals surface area (Å²) in [6, 6.07) is 5.16. The van der Waals surface area contributed by atoms with Crippen molar-refractivity contribution >= 4 is 61.4 Å². The quantitative estimate of drug-likeness (QED) is 0.0918. The average molecular weight is 801 g/mol. The van der Waals surface area contributed by atoms with Gasteiger partial charge in [0.05, 0.1) is 6.42 Å². The van der Waals surface area contributed by atoms with Crippen molar-refractivity contribution in [1.29, 1.82) is 0 Å². The average Bonchev–Trinajstić information content (AvgIpc) is 3.42. The van der Waals surface area contributed by atoms with E-state index in [1.54, 1.807) is 24.3 Å². The van der Waals surface area contributed by atoms with Gasteiger partial charge in [-0.3, -0.25) is 19.2 Å².